The van der Waals surface area contributed by atoms with Crippen LogP contribution in [0.25, 0.3) is 10.8 Å². The zero-order chi connectivity index (χ0) is 14.2. The summed E-state index contributed by atoms with van der Waals surface area (Å²) in [7, 11) is 2.13. The summed E-state index contributed by atoms with van der Waals surface area (Å²) in [5.41, 5.74) is 3.71. The number of rotatable bonds is 1. The molecule has 21 heavy (non-hydrogen) atoms. The van der Waals surface area contributed by atoms with E-state index in [2.05, 4.69) is 76.3 Å². The minimum absolute atomic E-state index is 0.838. The molecule has 0 bridgehead atoms. The van der Waals surface area contributed by atoms with Gasteiger partial charge in [-0.25, -0.2) is 0 Å². The van der Waals surface area contributed by atoms with Crippen molar-refractivity contribution in [2.45, 2.75) is 0 Å². The van der Waals surface area contributed by atoms with E-state index < -0.39 is 0 Å². The maximum absolute atomic E-state index is 4.28. The molecular weight excluding hydrogens is 258 g/mol. The fourth-order valence-electron chi connectivity index (χ4n) is 2.95. The van der Waals surface area contributed by atoms with Gasteiger partial charge in [-0.05, 0) is 23.6 Å². The molecule has 1 aliphatic heterocycles. The van der Waals surface area contributed by atoms with E-state index >= 15 is 0 Å². The minimum atomic E-state index is 0.838. The molecule has 1 aliphatic rings. The van der Waals surface area contributed by atoms with E-state index in [1.54, 1.807) is 0 Å². The summed E-state index contributed by atoms with van der Waals surface area (Å²) < 4.78 is 2.28. The summed E-state index contributed by atoms with van der Waals surface area (Å²) in [6.07, 6.45) is 6.00. The van der Waals surface area contributed by atoms with Gasteiger partial charge in [0.2, 0.25) is 12.4 Å². The number of hydrogen-bond donors (Lipinski definition) is 0. The van der Waals surface area contributed by atoms with Crippen molar-refractivity contribution in [1.29, 1.82) is 0 Å². The number of anilines is 1. The van der Waals surface area contributed by atoms with Gasteiger partial charge >= 0.3 is 0 Å². The quantitative estimate of drug-likeness (QED) is 0.633. The summed E-state index contributed by atoms with van der Waals surface area (Å²) in [6, 6.07) is 16.9. The Morgan fingerprint density at radius 2 is 1.95 bits per heavy atom. The lowest BCUT2D eigenvalue weighted by Crippen LogP contribution is -2.32. The standard InChI is InChI=1S/C18H16N3/c1-20-13-21(12-15-5-2-3-7-17(15)20)18-8-4-6-14-9-10-19-11-16(14)18/h2-12H,13H2,1H3/q+1. The number of pyridine rings is 1. The fourth-order valence-corrected chi connectivity index (χ4v) is 2.95. The highest BCUT2D eigenvalue weighted by Crippen LogP contribution is 2.28. The van der Waals surface area contributed by atoms with E-state index in [0.717, 1.165) is 6.67 Å². The lowest BCUT2D eigenvalue weighted by atomic mass is 10.1. The summed E-state index contributed by atoms with van der Waals surface area (Å²) >= 11 is 0. The Kier molecular flexibility index (Phi) is 2.71. The second-order valence-corrected chi connectivity index (χ2v) is 5.37. The summed E-state index contributed by atoms with van der Waals surface area (Å²) in [6.45, 7) is 0.838. The van der Waals surface area contributed by atoms with Crippen molar-refractivity contribution >= 4 is 28.4 Å². The molecule has 1 aromatic heterocycles. The Morgan fingerprint density at radius 3 is 2.90 bits per heavy atom. The number of aromatic nitrogens is 1. The predicted molar refractivity (Wildman–Crippen MR) is 86.5 cm³/mol. The van der Waals surface area contributed by atoms with Crippen LogP contribution in [0, 0.1) is 0 Å². The van der Waals surface area contributed by atoms with Crippen LogP contribution in [-0.2, 0) is 0 Å². The molecule has 0 spiro atoms. The van der Waals surface area contributed by atoms with Crippen LogP contribution in [0.1, 0.15) is 5.56 Å². The number of benzene rings is 2. The van der Waals surface area contributed by atoms with Crippen LogP contribution < -0.4 is 4.90 Å². The maximum Gasteiger partial charge on any atom is 0.224 e. The van der Waals surface area contributed by atoms with Crippen LogP contribution in [-0.4, -0.2) is 29.5 Å². The molecule has 2 aromatic carbocycles. The monoisotopic (exact) mass is 274 g/mol. The van der Waals surface area contributed by atoms with Crippen LogP contribution in [0.15, 0.2) is 60.9 Å². The average Bonchev–Trinajstić information content (AvgIpc) is 2.54. The molecule has 3 heteroatoms. The van der Waals surface area contributed by atoms with Gasteiger partial charge in [-0.15, -0.1) is 0 Å². The van der Waals surface area contributed by atoms with Crippen molar-refractivity contribution < 1.29 is 4.58 Å². The molecule has 0 saturated carbocycles. The highest BCUT2D eigenvalue weighted by Gasteiger charge is 2.22. The molecule has 2 heterocycles. The summed E-state index contributed by atoms with van der Waals surface area (Å²) in [5, 5.41) is 2.40. The lowest BCUT2D eigenvalue weighted by molar-refractivity contribution is -0.433. The van der Waals surface area contributed by atoms with Crippen LogP contribution in [0.3, 0.4) is 0 Å². The normalized spacial score (nSPS) is 14.0. The highest BCUT2D eigenvalue weighted by molar-refractivity contribution is 5.92. The van der Waals surface area contributed by atoms with Gasteiger partial charge in [-0.3, -0.25) is 4.98 Å². The van der Waals surface area contributed by atoms with Gasteiger partial charge in [-0.2, -0.15) is 4.58 Å². The summed E-state index contributed by atoms with van der Waals surface area (Å²) in [5.74, 6) is 0. The largest absolute Gasteiger partial charge is 0.319 e. The van der Waals surface area contributed by atoms with Gasteiger partial charge in [0.1, 0.15) is 0 Å². The SMILES string of the molecule is CN1C[N+](c2cccc3ccncc23)=Cc2ccccc21. The average molecular weight is 274 g/mol. The molecule has 0 atom stereocenters. The topological polar surface area (TPSA) is 19.1 Å². The third kappa shape index (κ3) is 1.98. The smallest absolute Gasteiger partial charge is 0.224 e. The van der Waals surface area contributed by atoms with Crippen molar-refractivity contribution in [2.24, 2.45) is 0 Å². The van der Waals surface area contributed by atoms with Gasteiger partial charge in [0.15, 0.2) is 6.21 Å². The van der Waals surface area contributed by atoms with E-state index in [9.17, 15) is 0 Å². The Labute approximate surface area is 123 Å². The molecule has 0 aliphatic carbocycles. The van der Waals surface area contributed by atoms with Crippen LogP contribution >= 0.6 is 0 Å². The van der Waals surface area contributed by atoms with Crippen molar-refractivity contribution in [1.82, 2.24) is 4.98 Å². The first kappa shape index (κ1) is 12.1. The number of nitrogens with zero attached hydrogens (tertiary/aromatic N) is 3. The van der Waals surface area contributed by atoms with E-state index in [-0.39, 0.29) is 0 Å². The van der Waals surface area contributed by atoms with E-state index in [1.165, 1.54) is 27.7 Å². The highest BCUT2D eigenvalue weighted by atomic mass is 15.3. The van der Waals surface area contributed by atoms with Gasteiger partial charge in [0.05, 0.1) is 16.6 Å². The van der Waals surface area contributed by atoms with E-state index in [0.29, 0.717) is 0 Å². The molecule has 3 aromatic rings. The van der Waals surface area contributed by atoms with Gasteiger partial charge in [0.25, 0.3) is 0 Å². The minimum Gasteiger partial charge on any atom is -0.319 e. The molecule has 0 N–H and O–H groups in total. The molecule has 0 radical (unpaired) electrons. The number of hydrogen-bond acceptors (Lipinski definition) is 2. The van der Waals surface area contributed by atoms with E-state index in [1.807, 2.05) is 12.4 Å². The van der Waals surface area contributed by atoms with Crippen molar-refractivity contribution in [3.05, 3.63) is 66.5 Å². The first-order valence-electron chi connectivity index (χ1n) is 7.07. The van der Waals surface area contributed by atoms with Gasteiger partial charge in [-0.1, -0.05) is 24.3 Å². The molecule has 4 rings (SSSR count). The zero-order valence-corrected chi connectivity index (χ0v) is 11.9. The Morgan fingerprint density at radius 1 is 1.05 bits per heavy atom. The number of para-hydroxylation sites is 1. The molecule has 102 valence electrons. The van der Waals surface area contributed by atoms with Gasteiger partial charge in [0, 0.05) is 25.5 Å². The Bertz CT molecular complexity index is 846. The van der Waals surface area contributed by atoms with Crippen molar-refractivity contribution in [3.8, 4) is 0 Å². The molecule has 0 unspecified atom stereocenters. The second-order valence-electron chi connectivity index (χ2n) is 5.37. The first-order valence-corrected chi connectivity index (χ1v) is 7.07. The molecule has 0 fully saturated rings. The molecule has 0 amide bonds. The van der Waals surface area contributed by atoms with Crippen molar-refractivity contribution in [2.75, 3.05) is 18.6 Å². The third-order valence-electron chi connectivity index (χ3n) is 3.98. The molecule has 3 nitrogen and oxygen atoms in total. The van der Waals surface area contributed by atoms with Crippen LogP contribution in [0.5, 0.6) is 0 Å². The summed E-state index contributed by atoms with van der Waals surface area (Å²) in [4.78, 5) is 6.55. The second kappa shape index (κ2) is 4.70. The zero-order valence-electron chi connectivity index (χ0n) is 11.9. The predicted octanol–water partition coefficient (Wildman–Crippen LogP) is 3.41. The lowest BCUT2D eigenvalue weighted by Gasteiger charge is -2.23. The van der Waals surface area contributed by atoms with Gasteiger partial charge < -0.3 is 4.90 Å². The third-order valence-corrected chi connectivity index (χ3v) is 3.98. The van der Waals surface area contributed by atoms with Crippen LogP contribution in [0.4, 0.5) is 11.4 Å². The molecule has 0 saturated heterocycles. The van der Waals surface area contributed by atoms with Crippen LogP contribution in [0.2, 0.25) is 0 Å². The maximum atomic E-state index is 4.28. The van der Waals surface area contributed by atoms with E-state index in [4.69, 9.17) is 0 Å². The Balaban J connectivity index is 1.92. The fraction of sp³-hybridized carbons (Fsp3) is 0.111. The Hall–Kier alpha value is -2.68. The first-order chi connectivity index (χ1) is 10.3. The molecular formula is C18H16N3+. The number of fused-ring (bicyclic) bond motifs is 2. The van der Waals surface area contributed by atoms with Crippen molar-refractivity contribution in [3.63, 3.8) is 0 Å².